The van der Waals surface area contributed by atoms with E-state index < -0.39 is 10.6 Å². The third kappa shape index (κ3) is 17.7. The normalized spacial score (nSPS) is 28.8. The van der Waals surface area contributed by atoms with Gasteiger partial charge in [0.25, 0.3) is 0 Å². The summed E-state index contributed by atoms with van der Waals surface area (Å²) in [7, 11) is -1.71. The highest BCUT2D eigenvalue weighted by Crippen LogP contribution is 2.67. The van der Waals surface area contributed by atoms with E-state index in [0.717, 1.165) is 106 Å². The van der Waals surface area contributed by atoms with Gasteiger partial charge < -0.3 is 14.9 Å². The van der Waals surface area contributed by atoms with Crippen LogP contribution in [0.2, 0.25) is 0 Å². The van der Waals surface area contributed by atoms with Gasteiger partial charge in [-0.05, 0) is 136 Å². The first kappa shape index (κ1) is 56.4. The number of aliphatic hydroxyl groups excluding tert-OH is 2. The Bertz CT molecular complexity index is 1250. The van der Waals surface area contributed by atoms with E-state index in [-0.39, 0.29) is 25.6 Å². The van der Waals surface area contributed by atoms with Gasteiger partial charge in [0.2, 0.25) is 0 Å². The predicted molar refractivity (Wildman–Crippen MR) is 277 cm³/mol. The molecule has 0 aromatic rings. The fraction of sp³-hybridized carbons (Fsp3) is 0.965. The summed E-state index contributed by atoms with van der Waals surface area (Å²) in [6.07, 6.45) is 45.0. The average molecular weight is 921 g/mol. The van der Waals surface area contributed by atoms with Crippen molar-refractivity contribution in [1.82, 2.24) is 4.90 Å². The zero-order valence-electron chi connectivity index (χ0n) is 44.0. The number of unbranched alkanes of at least 4 members (excludes halogenated alkanes) is 15. The quantitative estimate of drug-likeness (QED) is 0.0371. The van der Waals surface area contributed by atoms with Crippen molar-refractivity contribution in [2.75, 3.05) is 52.0 Å². The Morgan fingerprint density at radius 3 is 1.95 bits per heavy atom. The molecule has 378 valence electrons. The molecule has 4 aliphatic carbocycles. The minimum Gasteiger partial charge on any atom is -0.395 e. The molecular formula is C57H109NO5S. The van der Waals surface area contributed by atoms with Crippen molar-refractivity contribution >= 4 is 10.6 Å². The van der Waals surface area contributed by atoms with Gasteiger partial charge in [0.15, 0.2) is 6.29 Å². The number of hydrogen-bond acceptors (Lipinski definition) is 6. The van der Waals surface area contributed by atoms with Crippen LogP contribution in [-0.4, -0.2) is 79.5 Å². The molecule has 6 nitrogen and oxygen atoms in total. The molecule has 0 bridgehead atoms. The molecule has 4 aliphatic rings. The third-order valence-electron chi connectivity index (χ3n) is 18.1. The molecule has 10 atom stereocenters. The number of hydrogen-bond donors (Lipinski definition) is 2. The SMILES string of the molecule is CCCCCCCCCCCCCCCC(OC1CCC2(C)C(=CCC3C2CCC2(C)C(C(C)CCC(CC)C(C)C)CCC32)C1)OS(C)(C)OCCCCCCN(CCO)CCO. The molecule has 7 heteroatoms. The van der Waals surface area contributed by atoms with E-state index in [0.29, 0.717) is 23.9 Å². The first-order valence-electron chi connectivity index (χ1n) is 28.2. The van der Waals surface area contributed by atoms with Gasteiger partial charge in [-0.3, -0.25) is 13.3 Å². The predicted octanol–water partition coefficient (Wildman–Crippen LogP) is 15.6. The molecule has 4 rings (SSSR count). The minimum atomic E-state index is -1.71. The summed E-state index contributed by atoms with van der Waals surface area (Å²) < 4.78 is 20.6. The Morgan fingerprint density at radius 2 is 1.33 bits per heavy atom. The van der Waals surface area contributed by atoms with Crippen molar-refractivity contribution in [2.24, 2.45) is 52.3 Å². The zero-order chi connectivity index (χ0) is 46.4. The molecule has 0 aromatic carbocycles. The maximum Gasteiger partial charge on any atom is 0.180 e. The van der Waals surface area contributed by atoms with Crippen molar-refractivity contribution in [3.05, 3.63) is 11.6 Å². The number of allylic oxidation sites excluding steroid dienone is 1. The number of ether oxygens (including phenoxy) is 1. The van der Waals surface area contributed by atoms with Gasteiger partial charge in [-0.1, -0.05) is 163 Å². The van der Waals surface area contributed by atoms with E-state index in [2.05, 4.69) is 72.0 Å². The van der Waals surface area contributed by atoms with Crippen LogP contribution in [0.15, 0.2) is 11.6 Å². The van der Waals surface area contributed by atoms with Crippen LogP contribution in [0.5, 0.6) is 0 Å². The molecule has 0 aliphatic heterocycles. The molecule has 3 saturated carbocycles. The third-order valence-corrected chi connectivity index (χ3v) is 19.5. The maximum absolute atomic E-state index is 9.33. The van der Waals surface area contributed by atoms with Crippen LogP contribution in [0.1, 0.15) is 235 Å². The first-order chi connectivity index (χ1) is 30.8. The Hall–Kier alpha value is -0.150. The highest BCUT2D eigenvalue weighted by Gasteiger charge is 2.59. The zero-order valence-corrected chi connectivity index (χ0v) is 44.8. The lowest BCUT2D eigenvalue weighted by Gasteiger charge is -2.58. The molecule has 0 radical (unpaired) electrons. The Labute approximate surface area is 400 Å². The second-order valence-electron chi connectivity index (χ2n) is 23.2. The summed E-state index contributed by atoms with van der Waals surface area (Å²) in [5, 5.41) is 18.7. The monoisotopic (exact) mass is 920 g/mol. The van der Waals surface area contributed by atoms with Crippen LogP contribution in [-0.2, 0) is 13.1 Å². The van der Waals surface area contributed by atoms with Gasteiger partial charge in [-0.2, -0.15) is 10.6 Å². The molecule has 0 heterocycles. The summed E-state index contributed by atoms with van der Waals surface area (Å²) >= 11 is 0. The van der Waals surface area contributed by atoms with Crippen LogP contribution < -0.4 is 0 Å². The lowest BCUT2D eigenvalue weighted by molar-refractivity contribution is -0.137. The highest BCUT2D eigenvalue weighted by atomic mass is 32.3. The fourth-order valence-electron chi connectivity index (χ4n) is 14.0. The Morgan fingerprint density at radius 1 is 0.703 bits per heavy atom. The molecule has 2 N–H and O–H groups in total. The molecule has 0 amide bonds. The lowest BCUT2D eigenvalue weighted by atomic mass is 9.47. The van der Waals surface area contributed by atoms with Gasteiger partial charge in [0.05, 0.1) is 25.9 Å². The molecule has 0 aromatic heterocycles. The number of aliphatic hydroxyl groups is 2. The van der Waals surface area contributed by atoms with Gasteiger partial charge in [0.1, 0.15) is 0 Å². The first-order valence-corrected chi connectivity index (χ1v) is 30.5. The molecular weight excluding hydrogens is 811 g/mol. The minimum absolute atomic E-state index is 0.146. The topological polar surface area (TPSA) is 71.4 Å². The highest BCUT2D eigenvalue weighted by molar-refractivity contribution is 8.24. The second-order valence-corrected chi connectivity index (χ2v) is 25.9. The van der Waals surface area contributed by atoms with Crippen molar-refractivity contribution in [3.63, 3.8) is 0 Å². The molecule has 0 saturated heterocycles. The molecule has 0 spiro atoms. The summed E-state index contributed by atoms with van der Waals surface area (Å²) in [5.74, 6) is 6.05. The smallest absolute Gasteiger partial charge is 0.180 e. The van der Waals surface area contributed by atoms with Crippen molar-refractivity contribution < 1.29 is 23.3 Å². The van der Waals surface area contributed by atoms with Crippen molar-refractivity contribution in [2.45, 2.75) is 247 Å². The number of nitrogens with zero attached hydrogens (tertiary/aromatic N) is 1. The van der Waals surface area contributed by atoms with E-state index in [1.54, 1.807) is 5.57 Å². The van der Waals surface area contributed by atoms with E-state index in [9.17, 15) is 10.2 Å². The van der Waals surface area contributed by atoms with Gasteiger partial charge >= 0.3 is 0 Å². The molecule has 10 unspecified atom stereocenters. The van der Waals surface area contributed by atoms with E-state index in [1.807, 2.05) is 0 Å². The van der Waals surface area contributed by atoms with E-state index in [1.165, 1.54) is 135 Å². The van der Waals surface area contributed by atoms with E-state index >= 15 is 0 Å². The fourth-order valence-corrected chi connectivity index (χ4v) is 15.3. The largest absolute Gasteiger partial charge is 0.395 e. The van der Waals surface area contributed by atoms with Gasteiger partial charge in [-0.25, -0.2) is 0 Å². The number of fused-ring (bicyclic) bond motifs is 5. The molecule has 64 heavy (non-hydrogen) atoms. The summed E-state index contributed by atoms with van der Waals surface area (Å²) in [5.41, 5.74) is 2.57. The van der Waals surface area contributed by atoms with Crippen molar-refractivity contribution in [1.29, 1.82) is 0 Å². The Kier molecular flexibility index (Phi) is 26.3. The summed E-state index contributed by atoms with van der Waals surface area (Å²) in [4.78, 5) is 2.15. The van der Waals surface area contributed by atoms with Crippen LogP contribution in [0, 0.1) is 52.3 Å². The van der Waals surface area contributed by atoms with Crippen LogP contribution in [0.4, 0.5) is 0 Å². The van der Waals surface area contributed by atoms with Gasteiger partial charge in [-0.15, -0.1) is 0 Å². The van der Waals surface area contributed by atoms with Crippen LogP contribution >= 0.6 is 10.6 Å². The van der Waals surface area contributed by atoms with Crippen LogP contribution in [0.3, 0.4) is 0 Å². The summed E-state index contributed by atoms with van der Waals surface area (Å²) in [6, 6.07) is 0. The van der Waals surface area contributed by atoms with Crippen molar-refractivity contribution in [3.8, 4) is 0 Å². The number of rotatable bonds is 36. The second kappa shape index (κ2) is 29.8. The van der Waals surface area contributed by atoms with Gasteiger partial charge in [0, 0.05) is 32.0 Å². The maximum atomic E-state index is 9.33. The average Bonchev–Trinajstić information content (AvgIpc) is 3.62. The molecule has 3 fully saturated rings. The Balaban J connectivity index is 1.29. The van der Waals surface area contributed by atoms with Crippen LogP contribution in [0.25, 0.3) is 0 Å². The standard InChI is InChI=1S/C57H109NO5S/c1-10-12-13-14-15-16-17-18-19-20-21-22-25-28-55(63-64(8,9)61-44-27-24-23-26-39-58(40-42-59)41-43-60)62-50-35-37-56(6)49(45-50)31-32-51-53-34-33-52(57(53,7)38-36-54(51)56)47(5)29-30-48(11-2)46(3)4/h31,46-48,50-55,59-60H,10-30,32-45H2,1-9H3. The lowest BCUT2D eigenvalue weighted by Crippen LogP contribution is -2.51. The van der Waals surface area contributed by atoms with E-state index in [4.69, 9.17) is 13.1 Å². The summed E-state index contributed by atoms with van der Waals surface area (Å²) in [6.45, 7) is 20.8.